The number of piperidine rings is 1. The topological polar surface area (TPSA) is 55.9 Å². The highest BCUT2D eigenvalue weighted by atomic mass is 16.2. The maximum absolute atomic E-state index is 13.2. The lowest BCUT2D eigenvalue weighted by atomic mass is 9.63. The number of amides is 3. The summed E-state index contributed by atoms with van der Waals surface area (Å²) in [6, 6.07) is -0.177. The van der Waals surface area contributed by atoms with E-state index in [-0.39, 0.29) is 23.8 Å². The van der Waals surface area contributed by atoms with E-state index in [0.29, 0.717) is 6.54 Å². The molecule has 0 aromatic rings. The highest BCUT2D eigenvalue weighted by molar-refractivity contribution is 6.07. The zero-order chi connectivity index (χ0) is 16.6. The molecule has 2 heterocycles. The maximum Gasteiger partial charge on any atom is 0.325 e. The summed E-state index contributed by atoms with van der Waals surface area (Å²) in [5.74, 6) is 0.558. The molecule has 130 valence electrons. The molecule has 23 heavy (non-hydrogen) atoms. The standard InChI is InChI=1S/C17H30N4O2/c1-4-20(5-2)9-10-21-15(22)17(18-16(21)23)13-7-6-8-14(17)12-19(3)11-13/h13-14H,4-12H2,1-3H3,(H,18,23). The van der Waals surface area contributed by atoms with E-state index in [9.17, 15) is 9.59 Å². The molecule has 3 amide bonds. The van der Waals surface area contributed by atoms with Crippen LogP contribution in [0.15, 0.2) is 0 Å². The molecule has 0 radical (unpaired) electrons. The van der Waals surface area contributed by atoms with Gasteiger partial charge in [-0.05, 0) is 33.0 Å². The van der Waals surface area contributed by atoms with Crippen LogP contribution in [0, 0.1) is 11.8 Å². The van der Waals surface area contributed by atoms with E-state index < -0.39 is 5.54 Å². The molecule has 6 heteroatoms. The number of hydrogen-bond acceptors (Lipinski definition) is 4. The molecule has 1 N–H and O–H groups in total. The van der Waals surface area contributed by atoms with E-state index in [0.717, 1.165) is 45.6 Å². The van der Waals surface area contributed by atoms with Gasteiger partial charge in [0.15, 0.2) is 0 Å². The predicted octanol–water partition coefficient (Wildman–Crippen LogP) is 0.981. The smallest absolute Gasteiger partial charge is 0.322 e. The third-order valence-corrected chi connectivity index (χ3v) is 6.15. The van der Waals surface area contributed by atoms with Gasteiger partial charge in [-0.25, -0.2) is 4.79 Å². The van der Waals surface area contributed by atoms with Gasteiger partial charge in [-0.15, -0.1) is 0 Å². The molecule has 1 spiro atoms. The molecule has 0 aromatic carbocycles. The lowest BCUT2D eigenvalue weighted by Gasteiger charge is -2.51. The van der Waals surface area contributed by atoms with E-state index in [1.54, 1.807) is 0 Å². The quantitative estimate of drug-likeness (QED) is 0.767. The number of nitrogens with one attached hydrogen (secondary N) is 1. The molecule has 2 aliphatic heterocycles. The summed E-state index contributed by atoms with van der Waals surface area (Å²) < 4.78 is 0. The Kier molecular flexibility index (Phi) is 4.65. The van der Waals surface area contributed by atoms with Crippen molar-refractivity contribution in [2.24, 2.45) is 11.8 Å². The molecular formula is C17H30N4O2. The highest BCUT2D eigenvalue weighted by Crippen LogP contribution is 2.45. The lowest BCUT2D eigenvalue weighted by Crippen LogP contribution is -2.67. The molecule has 2 saturated heterocycles. The van der Waals surface area contributed by atoms with Crippen molar-refractivity contribution in [1.29, 1.82) is 0 Å². The number of carbonyl (C=O) groups is 2. The molecule has 2 atom stereocenters. The number of nitrogens with zero attached hydrogens (tertiary/aromatic N) is 3. The Morgan fingerprint density at radius 2 is 1.78 bits per heavy atom. The van der Waals surface area contributed by atoms with Crippen molar-refractivity contribution in [2.45, 2.75) is 38.6 Å². The Morgan fingerprint density at radius 3 is 2.35 bits per heavy atom. The van der Waals surface area contributed by atoms with Crippen LogP contribution in [-0.2, 0) is 4.79 Å². The number of likely N-dealkylation sites (tertiary alicyclic amines) is 1. The monoisotopic (exact) mass is 322 g/mol. The van der Waals surface area contributed by atoms with Gasteiger partial charge in [0.1, 0.15) is 5.54 Å². The fourth-order valence-electron chi connectivity index (χ4n) is 4.85. The molecule has 1 saturated carbocycles. The van der Waals surface area contributed by atoms with Gasteiger partial charge in [0.2, 0.25) is 0 Å². The Morgan fingerprint density at radius 1 is 1.17 bits per heavy atom. The summed E-state index contributed by atoms with van der Waals surface area (Å²) >= 11 is 0. The van der Waals surface area contributed by atoms with Crippen LogP contribution in [0.2, 0.25) is 0 Å². The zero-order valence-electron chi connectivity index (χ0n) is 14.7. The van der Waals surface area contributed by atoms with Crippen molar-refractivity contribution in [1.82, 2.24) is 20.0 Å². The van der Waals surface area contributed by atoms with Crippen molar-refractivity contribution in [3.05, 3.63) is 0 Å². The average molecular weight is 322 g/mol. The first-order valence-corrected chi connectivity index (χ1v) is 9.07. The van der Waals surface area contributed by atoms with Crippen LogP contribution < -0.4 is 5.32 Å². The normalized spacial score (nSPS) is 34.5. The molecule has 6 nitrogen and oxygen atoms in total. The fraction of sp³-hybridized carbons (Fsp3) is 0.882. The first kappa shape index (κ1) is 16.7. The number of carbonyl (C=O) groups excluding carboxylic acids is 2. The molecule has 1 aliphatic carbocycles. The van der Waals surface area contributed by atoms with Gasteiger partial charge in [0, 0.05) is 38.0 Å². The van der Waals surface area contributed by atoms with Gasteiger partial charge >= 0.3 is 6.03 Å². The van der Waals surface area contributed by atoms with Crippen molar-refractivity contribution in [2.75, 3.05) is 46.3 Å². The molecule has 0 aromatic heterocycles. The van der Waals surface area contributed by atoms with Crippen molar-refractivity contribution in [3.8, 4) is 0 Å². The Bertz CT molecular complexity index is 463. The minimum atomic E-state index is -0.620. The third-order valence-electron chi connectivity index (χ3n) is 6.15. The molecular weight excluding hydrogens is 292 g/mol. The van der Waals surface area contributed by atoms with E-state index in [1.165, 1.54) is 11.3 Å². The summed E-state index contributed by atoms with van der Waals surface area (Å²) in [5.41, 5.74) is -0.620. The van der Waals surface area contributed by atoms with Crippen LogP contribution in [0.1, 0.15) is 33.1 Å². The largest absolute Gasteiger partial charge is 0.325 e. The second-order valence-electron chi connectivity index (χ2n) is 7.33. The van der Waals surface area contributed by atoms with Gasteiger partial charge in [0.05, 0.1) is 0 Å². The summed E-state index contributed by atoms with van der Waals surface area (Å²) in [4.78, 5) is 31.8. The van der Waals surface area contributed by atoms with Gasteiger partial charge < -0.3 is 15.1 Å². The second-order valence-corrected chi connectivity index (χ2v) is 7.33. The number of likely N-dealkylation sites (N-methyl/N-ethyl adjacent to an activating group) is 1. The first-order valence-electron chi connectivity index (χ1n) is 9.07. The number of urea groups is 1. The third kappa shape index (κ3) is 2.66. The van der Waals surface area contributed by atoms with Crippen molar-refractivity contribution in [3.63, 3.8) is 0 Å². The van der Waals surface area contributed by atoms with Gasteiger partial charge in [-0.3, -0.25) is 9.69 Å². The lowest BCUT2D eigenvalue weighted by molar-refractivity contribution is -0.141. The van der Waals surface area contributed by atoms with Gasteiger partial charge in [0.25, 0.3) is 5.91 Å². The van der Waals surface area contributed by atoms with E-state index in [2.05, 4.69) is 36.0 Å². The predicted molar refractivity (Wildman–Crippen MR) is 89.1 cm³/mol. The number of imide groups is 1. The minimum Gasteiger partial charge on any atom is -0.322 e. The zero-order valence-corrected chi connectivity index (χ0v) is 14.7. The molecule has 3 fully saturated rings. The first-order chi connectivity index (χ1) is 11.0. The van der Waals surface area contributed by atoms with Crippen LogP contribution in [0.5, 0.6) is 0 Å². The maximum atomic E-state index is 13.2. The summed E-state index contributed by atoms with van der Waals surface area (Å²) in [7, 11) is 2.12. The summed E-state index contributed by atoms with van der Waals surface area (Å²) in [6.07, 6.45) is 3.25. The van der Waals surface area contributed by atoms with Crippen LogP contribution >= 0.6 is 0 Å². The van der Waals surface area contributed by atoms with Crippen LogP contribution in [0.25, 0.3) is 0 Å². The minimum absolute atomic E-state index is 0.0393. The second kappa shape index (κ2) is 6.40. The highest BCUT2D eigenvalue weighted by Gasteiger charge is 2.62. The van der Waals surface area contributed by atoms with E-state index in [4.69, 9.17) is 0 Å². The molecule has 2 unspecified atom stereocenters. The molecule has 3 rings (SSSR count). The van der Waals surface area contributed by atoms with Crippen molar-refractivity contribution >= 4 is 11.9 Å². The van der Waals surface area contributed by atoms with Crippen molar-refractivity contribution < 1.29 is 9.59 Å². The Labute approximate surface area is 139 Å². The molecule has 3 aliphatic rings. The molecule has 2 bridgehead atoms. The summed E-state index contributed by atoms with van der Waals surface area (Å²) in [5, 5.41) is 3.14. The Balaban J connectivity index is 1.77. The fourth-order valence-corrected chi connectivity index (χ4v) is 4.85. The van der Waals surface area contributed by atoms with Crippen LogP contribution in [0.4, 0.5) is 4.79 Å². The number of hydrogen-bond donors (Lipinski definition) is 1. The van der Waals surface area contributed by atoms with Crippen LogP contribution in [0.3, 0.4) is 0 Å². The Hall–Kier alpha value is -1.14. The average Bonchev–Trinajstić information content (AvgIpc) is 2.75. The SMILES string of the molecule is CCN(CC)CCN1C(=O)NC2(C1=O)C1CCCC2CN(C)C1. The van der Waals surface area contributed by atoms with Gasteiger partial charge in [-0.2, -0.15) is 0 Å². The van der Waals surface area contributed by atoms with Gasteiger partial charge in [-0.1, -0.05) is 20.3 Å². The van der Waals surface area contributed by atoms with E-state index >= 15 is 0 Å². The summed E-state index contributed by atoms with van der Waals surface area (Å²) in [6.45, 7) is 9.19. The number of rotatable bonds is 5. The van der Waals surface area contributed by atoms with E-state index in [1.807, 2.05) is 0 Å². The van der Waals surface area contributed by atoms with Crippen LogP contribution in [-0.4, -0.2) is 78.5 Å².